The van der Waals surface area contributed by atoms with Gasteiger partial charge in [-0.1, -0.05) is 103 Å². The van der Waals surface area contributed by atoms with E-state index in [0.29, 0.717) is 34.7 Å². The van der Waals surface area contributed by atoms with Crippen LogP contribution >= 0.6 is 23.4 Å². The Morgan fingerprint density at radius 3 is 2.30 bits per heavy atom. The Balaban J connectivity index is 1.27. The van der Waals surface area contributed by atoms with Crippen LogP contribution in [0.1, 0.15) is 46.8 Å². The van der Waals surface area contributed by atoms with E-state index in [1.165, 1.54) is 5.56 Å². The van der Waals surface area contributed by atoms with Crippen LogP contribution in [0.25, 0.3) is 0 Å². The lowest BCUT2D eigenvalue weighted by atomic mass is 9.99. The average molecular weight is 571 g/mol. The predicted molar refractivity (Wildman–Crippen MR) is 165 cm³/mol. The highest BCUT2D eigenvalue weighted by Crippen LogP contribution is 2.27. The molecule has 0 unspecified atom stereocenters. The molecular formula is C33H35ClN4OS. The van der Waals surface area contributed by atoms with Crippen LogP contribution in [0.5, 0.6) is 0 Å². The van der Waals surface area contributed by atoms with Gasteiger partial charge >= 0.3 is 0 Å². The van der Waals surface area contributed by atoms with Gasteiger partial charge in [-0.25, -0.2) is 9.97 Å². The number of thioether (sulfide) groups is 1. The van der Waals surface area contributed by atoms with E-state index < -0.39 is 0 Å². The normalized spacial score (nSPS) is 13.8. The summed E-state index contributed by atoms with van der Waals surface area (Å²) in [5.41, 5.74) is 4.08. The molecular weight excluding hydrogens is 536 g/mol. The molecule has 40 heavy (non-hydrogen) atoms. The highest BCUT2D eigenvalue weighted by molar-refractivity contribution is 7.98. The molecule has 0 atom stereocenters. The molecule has 206 valence electrons. The Morgan fingerprint density at radius 2 is 1.57 bits per heavy atom. The van der Waals surface area contributed by atoms with Crippen molar-refractivity contribution in [3.05, 3.63) is 118 Å². The van der Waals surface area contributed by atoms with Gasteiger partial charge in [-0.2, -0.15) is 0 Å². The molecule has 5 nitrogen and oxygen atoms in total. The maximum Gasteiger partial charge on any atom is 0.254 e. The number of amides is 1. The summed E-state index contributed by atoms with van der Waals surface area (Å²) in [7, 11) is 0. The zero-order valence-corrected chi connectivity index (χ0v) is 24.5. The molecule has 1 amide bonds. The third-order valence-corrected chi connectivity index (χ3v) is 8.44. The van der Waals surface area contributed by atoms with Gasteiger partial charge in [-0.05, 0) is 54.0 Å². The van der Waals surface area contributed by atoms with Crippen LogP contribution in [-0.4, -0.2) is 40.4 Å². The Morgan fingerprint density at radius 1 is 0.900 bits per heavy atom. The number of rotatable bonds is 10. The molecule has 0 aliphatic carbocycles. The van der Waals surface area contributed by atoms with Crippen molar-refractivity contribution in [2.75, 3.05) is 24.5 Å². The first-order chi connectivity index (χ1) is 19.5. The van der Waals surface area contributed by atoms with E-state index in [9.17, 15) is 4.79 Å². The van der Waals surface area contributed by atoms with E-state index in [0.717, 1.165) is 55.2 Å². The molecule has 1 fully saturated rings. The number of benzene rings is 3. The molecule has 0 N–H and O–H groups in total. The summed E-state index contributed by atoms with van der Waals surface area (Å²) in [6.45, 7) is 5.50. The Hall–Kier alpha value is -3.35. The van der Waals surface area contributed by atoms with Gasteiger partial charge in [0.15, 0.2) is 5.16 Å². The molecule has 4 aromatic rings. The van der Waals surface area contributed by atoms with Crippen LogP contribution < -0.4 is 4.90 Å². The SMILES string of the molecule is CC1CCN(c2cc(Cl)nc(SCc3cccc(C(=O)N(CCc4ccccc4)Cc4ccccc4)c3)n2)CC1. The fourth-order valence-electron chi connectivity index (χ4n) is 4.94. The molecule has 0 radical (unpaired) electrons. The van der Waals surface area contributed by atoms with E-state index in [1.54, 1.807) is 11.8 Å². The largest absolute Gasteiger partial charge is 0.356 e. The summed E-state index contributed by atoms with van der Waals surface area (Å²) in [5.74, 6) is 2.33. The van der Waals surface area contributed by atoms with Gasteiger partial charge in [0.25, 0.3) is 5.91 Å². The van der Waals surface area contributed by atoms with Gasteiger partial charge in [-0.3, -0.25) is 4.79 Å². The number of piperidine rings is 1. The summed E-state index contributed by atoms with van der Waals surface area (Å²) in [5, 5.41) is 1.12. The summed E-state index contributed by atoms with van der Waals surface area (Å²) < 4.78 is 0. The molecule has 1 aliphatic heterocycles. The van der Waals surface area contributed by atoms with E-state index in [4.69, 9.17) is 16.6 Å². The van der Waals surface area contributed by atoms with Crippen molar-refractivity contribution in [2.45, 2.75) is 43.6 Å². The molecule has 7 heteroatoms. The molecule has 2 heterocycles. The zero-order valence-electron chi connectivity index (χ0n) is 22.9. The summed E-state index contributed by atoms with van der Waals surface area (Å²) in [4.78, 5) is 27.3. The third kappa shape index (κ3) is 7.86. The number of hydrogen-bond acceptors (Lipinski definition) is 5. The van der Waals surface area contributed by atoms with E-state index in [1.807, 2.05) is 71.6 Å². The summed E-state index contributed by atoms with van der Waals surface area (Å²) >= 11 is 7.93. The maximum atomic E-state index is 13.8. The van der Waals surface area contributed by atoms with E-state index in [-0.39, 0.29) is 5.91 Å². The Kier molecular flexibility index (Phi) is 9.74. The van der Waals surface area contributed by atoms with Gasteiger partial charge in [0.2, 0.25) is 0 Å². The molecule has 0 bridgehead atoms. The highest BCUT2D eigenvalue weighted by atomic mass is 35.5. The van der Waals surface area contributed by atoms with Crippen molar-refractivity contribution in [2.24, 2.45) is 5.92 Å². The van der Waals surface area contributed by atoms with E-state index >= 15 is 0 Å². The number of anilines is 1. The lowest BCUT2D eigenvalue weighted by Gasteiger charge is -2.31. The van der Waals surface area contributed by atoms with Crippen molar-refractivity contribution >= 4 is 35.1 Å². The quantitative estimate of drug-likeness (QED) is 0.112. The standard InChI is InChI=1S/C33H35ClN4OS/c1-25-15-18-37(19-16-25)31-22-30(34)35-33(36-31)40-24-28-13-8-14-29(21-28)32(39)38(23-27-11-6-3-7-12-27)20-17-26-9-4-2-5-10-26/h2-14,21-22,25H,15-20,23-24H2,1H3. The first kappa shape index (κ1) is 28.2. The second-order valence-corrected chi connectivity index (χ2v) is 11.8. The van der Waals surface area contributed by atoms with Crippen LogP contribution in [-0.2, 0) is 18.7 Å². The van der Waals surface area contributed by atoms with Crippen LogP contribution in [0.3, 0.4) is 0 Å². The second kappa shape index (κ2) is 13.8. The van der Waals surface area contributed by atoms with Crippen molar-refractivity contribution in [3.8, 4) is 0 Å². The van der Waals surface area contributed by atoms with Crippen LogP contribution in [0.2, 0.25) is 5.15 Å². The van der Waals surface area contributed by atoms with E-state index in [2.05, 4.69) is 41.1 Å². The fourth-order valence-corrected chi connectivity index (χ4v) is 5.96. The number of nitrogens with zero attached hydrogens (tertiary/aromatic N) is 4. The second-order valence-electron chi connectivity index (χ2n) is 10.4. The first-order valence-electron chi connectivity index (χ1n) is 13.9. The zero-order chi connectivity index (χ0) is 27.7. The van der Waals surface area contributed by atoms with Gasteiger partial charge in [0, 0.05) is 43.6 Å². The Bertz CT molecular complexity index is 1390. The number of carbonyl (C=O) groups is 1. The molecule has 1 aliphatic rings. The minimum absolute atomic E-state index is 0.0345. The lowest BCUT2D eigenvalue weighted by Crippen LogP contribution is -2.33. The van der Waals surface area contributed by atoms with Gasteiger partial charge in [0.05, 0.1) is 0 Å². The van der Waals surface area contributed by atoms with Crippen LogP contribution in [0.4, 0.5) is 5.82 Å². The van der Waals surface area contributed by atoms with Crippen molar-refractivity contribution in [1.82, 2.24) is 14.9 Å². The topological polar surface area (TPSA) is 49.3 Å². The molecule has 0 spiro atoms. The third-order valence-electron chi connectivity index (χ3n) is 7.33. The van der Waals surface area contributed by atoms with Crippen LogP contribution in [0.15, 0.2) is 96.2 Å². The molecule has 3 aromatic carbocycles. The Labute approximate surface area is 246 Å². The molecule has 5 rings (SSSR count). The number of carbonyl (C=O) groups excluding carboxylic acids is 1. The molecule has 1 aromatic heterocycles. The first-order valence-corrected chi connectivity index (χ1v) is 15.3. The number of aromatic nitrogens is 2. The van der Waals surface area contributed by atoms with Crippen molar-refractivity contribution in [1.29, 1.82) is 0 Å². The predicted octanol–water partition coefficient (Wildman–Crippen LogP) is 7.54. The van der Waals surface area contributed by atoms with Gasteiger partial charge < -0.3 is 9.80 Å². The molecule has 1 saturated heterocycles. The summed E-state index contributed by atoms with van der Waals surface area (Å²) in [6, 6.07) is 30.3. The number of halogens is 1. The van der Waals surface area contributed by atoms with Crippen LogP contribution in [0, 0.1) is 5.92 Å². The van der Waals surface area contributed by atoms with Crippen molar-refractivity contribution < 1.29 is 4.79 Å². The minimum atomic E-state index is 0.0345. The van der Waals surface area contributed by atoms with Gasteiger partial charge in [-0.15, -0.1) is 0 Å². The monoisotopic (exact) mass is 570 g/mol. The summed E-state index contributed by atoms with van der Waals surface area (Å²) in [6.07, 6.45) is 3.13. The van der Waals surface area contributed by atoms with Crippen molar-refractivity contribution in [3.63, 3.8) is 0 Å². The minimum Gasteiger partial charge on any atom is -0.356 e. The highest BCUT2D eigenvalue weighted by Gasteiger charge is 2.19. The maximum absolute atomic E-state index is 13.8. The average Bonchev–Trinajstić information content (AvgIpc) is 2.99. The fraction of sp³-hybridized carbons (Fsp3) is 0.303. The smallest absolute Gasteiger partial charge is 0.254 e. The number of hydrogen-bond donors (Lipinski definition) is 0. The molecule has 0 saturated carbocycles. The lowest BCUT2D eigenvalue weighted by molar-refractivity contribution is 0.0745. The van der Waals surface area contributed by atoms with Gasteiger partial charge in [0.1, 0.15) is 11.0 Å².